The lowest BCUT2D eigenvalue weighted by Crippen LogP contribution is -2.00. The van der Waals surface area contributed by atoms with E-state index in [0.717, 1.165) is 21.6 Å². The predicted molar refractivity (Wildman–Crippen MR) is 63.4 cm³/mol. The van der Waals surface area contributed by atoms with Crippen molar-refractivity contribution in [1.29, 1.82) is 0 Å². The van der Waals surface area contributed by atoms with Gasteiger partial charge < -0.3 is 9.73 Å². The number of aromatic nitrogens is 2. The van der Waals surface area contributed by atoms with Gasteiger partial charge in [0.15, 0.2) is 0 Å². The van der Waals surface area contributed by atoms with E-state index in [0.29, 0.717) is 6.54 Å². The zero-order chi connectivity index (χ0) is 10.8. The molecule has 0 aromatic carbocycles. The summed E-state index contributed by atoms with van der Waals surface area (Å²) in [5, 5.41) is 5.29. The average Bonchev–Trinajstić information content (AvgIpc) is 2.97. The standard InChI is InChI=1S/C11H9N3OS/c1-3-15-6-8(1)5-12-11-10-9(2-4-16-10)13-7-14-11/h1-4,6-7H,5H2,(H,12,13,14). The first-order valence-corrected chi connectivity index (χ1v) is 5.74. The van der Waals surface area contributed by atoms with Crippen molar-refractivity contribution in [2.45, 2.75) is 6.54 Å². The smallest absolute Gasteiger partial charge is 0.147 e. The highest BCUT2D eigenvalue weighted by Gasteiger charge is 2.04. The van der Waals surface area contributed by atoms with Crippen LogP contribution in [0.5, 0.6) is 0 Å². The number of thiophene rings is 1. The van der Waals surface area contributed by atoms with Crippen molar-refractivity contribution in [1.82, 2.24) is 9.97 Å². The molecule has 0 aliphatic heterocycles. The van der Waals surface area contributed by atoms with Gasteiger partial charge in [-0.25, -0.2) is 9.97 Å². The fourth-order valence-electron chi connectivity index (χ4n) is 1.49. The summed E-state index contributed by atoms with van der Waals surface area (Å²) in [6.07, 6.45) is 4.96. The number of nitrogens with zero attached hydrogens (tertiary/aromatic N) is 2. The van der Waals surface area contributed by atoms with Gasteiger partial charge in [0, 0.05) is 12.1 Å². The van der Waals surface area contributed by atoms with Gasteiger partial charge in [-0.05, 0) is 17.5 Å². The van der Waals surface area contributed by atoms with E-state index in [4.69, 9.17) is 4.42 Å². The van der Waals surface area contributed by atoms with Crippen LogP contribution in [0.3, 0.4) is 0 Å². The van der Waals surface area contributed by atoms with Gasteiger partial charge >= 0.3 is 0 Å². The van der Waals surface area contributed by atoms with Crippen molar-refractivity contribution < 1.29 is 4.42 Å². The molecule has 3 aromatic heterocycles. The van der Waals surface area contributed by atoms with E-state index in [9.17, 15) is 0 Å². The van der Waals surface area contributed by atoms with Crippen LogP contribution in [-0.2, 0) is 6.54 Å². The molecule has 1 N–H and O–H groups in total. The fraction of sp³-hybridized carbons (Fsp3) is 0.0909. The highest BCUT2D eigenvalue weighted by Crippen LogP contribution is 2.25. The van der Waals surface area contributed by atoms with E-state index in [2.05, 4.69) is 15.3 Å². The normalized spacial score (nSPS) is 10.8. The highest BCUT2D eigenvalue weighted by atomic mass is 32.1. The third-order valence-corrected chi connectivity index (χ3v) is 3.19. The Bertz CT molecular complexity index is 588. The van der Waals surface area contributed by atoms with Crippen molar-refractivity contribution in [2.75, 3.05) is 5.32 Å². The Labute approximate surface area is 96.0 Å². The summed E-state index contributed by atoms with van der Waals surface area (Å²) in [6, 6.07) is 3.92. The Balaban J connectivity index is 1.86. The van der Waals surface area contributed by atoms with E-state index in [-0.39, 0.29) is 0 Å². The number of fused-ring (bicyclic) bond motifs is 1. The van der Waals surface area contributed by atoms with Crippen LogP contribution in [0, 0.1) is 0 Å². The Kier molecular flexibility index (Phi) is 2.30. The molecule has 3 aromatic rings. The van der Waals surface area contributed by atoms with Gasteiger partial charge in [-0.15, -0.1) is 11.3 Å². The Hall–Kier alpha value is -1.88. The molecular weight excluding hydrogens is 222 g/mol. The van der Waals surface area contributed by atoms with Crippen molar-refractivity contribution in [3.63, 3.8) is 0 Å². The lowest BCUT2D eigenvalue weighted by atomic mass is 10.3. The second-order valence-electron chi connectivity index (χ2n) is 3.34. The quantitative estimate of drug-likeness (QED) is 0.753. The van der Waals surface area contributed by atoms with E-state index < -0.39 is 0 Å². The van der Waals surface area contributed by atoms with Gasteiger partial charge in [-0.2, -0.15) is 0 Å². The SMILES string of the molecule is c1nc(NCc2ccoc2)c2sccc2n1. The Morgan fingerprint density at radius 2 is 2.31 bits per heavy atom. The minimum absolute atomic E-state index is 0.709. The molecule has 0 bridgehead atoms. The van der Waals surface area contributed by atoms with E-state index >= 15 is 0 Å². The minimum atomic E-state index is 0.709. The van der Waals surface area contributed by atoms with Crippen LogP contribution in [0.25, 0.3) is 10.2 Å². The lowest BCUT2D eigenvalue weighted by Gasteiger charge is -2.03. The van der Waals surface area contributed by atoms with Crippen molar-refractivity contribution >= 4 is 27.4 Å². The molecule has 0 saturated carbocycles. The number of anilines is 1. The Morgan fingerprint density at radius 1 is 1.31 bits per heavy atom. The predicted octanol–water partition coefficient (Wildman–Crippen LogP) is 2.90. The van der Waals surface area contributed by atoms with Crippen molar-refractivity contribution in [3.8, 4) is 0 Å². The van der Waals surface area contributed by atoms with Crippen LogP contribution in [0.15, 0.2) is 40.8 Å². The second kappa shape index (κ2) is 3.94. The van der Waals surface area contributed by atoms with Crippen LogP contribution >= 0.6 is 11.3 Å². The van der Waals surface area contributed by atoms with Crippen LogP contribution in [0.4, 0.5) is 5.82 Å². The number of hydrogen-bond donors (Lipinski definition) is 1. The first-order valence-electron chi connectivity index (χ1n) is 4.86. The molecule has 4 nitrogen and oxygen atoms in total. The van der Waals surface area contributed by atoms with Gasteiger partial charge in [0.05, 0.1) is 22.7 Å². The molecule has 0 aliphatic carbocycles. The van der Waals surface area contributed by atoms with Crippen LogP contribution in [-0.4, -0.2) is 9.97 Å². The summed E-state index contributed by atoms with van der Waals surface area (Å²) in [5.41, 5.74) is 2.08. The largest absolute Gasteiger partial charge is 0.472 e. The molecule has 0 unspecified atom stereocenters. The van der Waals surface area contributed by atoms with Crippen LogP contribution in [0.1, 0.15) is 5.56 Å². The molecule has 16 heavy (non-hydrogen) atoms. The van der Waals surface area contributed by atoms with Crippen molar-refractivity contribution in [3.05, 3.63) is 41.9 Å². The molecule has 80 valence electrons. The molecule has 5 heteroatoms. The van der Waals surface area contributed by atoms with Gasteiger partial charge in [-0.1, -0.05) is 0 Å². The first kappa shape index (κ1) is 9.35. The topological polar surface area (TPSA) is 51.0 Å². The molecule has 0 fully saturated rings. The van der Waals surface area contributed by atoms with Gasteiger partial charge in [0.1, 0.15) is 12.1 Å². The van der Waals surface area contributed by atoms with Crippen LogP contribution < -0.4 is 5.32 Å². The van der Waals surface area contributed by atoms with Gasteiger partial charge in [0.25, 0.3) is 0 Å². The number of hydrogen-bond acceptors (Lipinski definition) is 5. The molecule has 0 spiro atoms. The minimum Gasteiger partial charge on any atom is -0.472 e. The summed E-state index contributed by atoms with van der Waals surface area (Å²) >= 11 is 1.64. The molecule has 0 radical (unpaired) electrons. The van der Waals surface area contributed by atoms with Crippen molar-refractivity contribution in [2.24, 2.45) is 0 Å². The van der Waals surface area contributed by atoms with E-state index in [1.165, 1.54) is 0 Å². The molecule has 0 aliphatic rings. The van der Waals surface area contributed by atoms with Gasteiger partial charge in [-0.3, -0.25) is 0 Å². The Morgan fingerprint density at radius 3 is 3.19 bits per heavy atom. The van der Waals surface area contributed by atoms with E-state index in [1.807, 2.05) is 17.5 Å². The zero-order valence-electron chi connectivity index (χ0n) is 8.38. The summed E-state index contributed by atoms with van der Waals surface area (Å²) in [6.45, 7) is 0.709. The summed E-state index contributed by atoms with van der Waals surface area (Å²) in [4.78, 5) is 8.42. The summed E-state index contributed by atoms with van der Waals surface area (Å²) < 4.78 is 6.09. The van der Waals surface area contributed by atoms with E-state index in [1.54, 1.807) is 30.2 Å². The lowest BCUT2D eigenvalue weighted by molar-refractivity contribution is 0.564. The first-order chi connectivity index (χ1) is 7.93. The molecule has 0 amide bonds. The molecule has 0 saturated heterocycles. The number of nitrogens with one attached hydrogen (secondary N) is 1. The maximum Gasteiger partial charge on any atom is 0.147 e. The van der Waals surface area contributed by atoms with Gasteiger partial charge in [0.2, 0.25) is 0 Å². The molecule has 0 atom stereocenters. The summed E-state index contributed by atoms with van der Waals surface area (Å²) in [5.74, 6) is 0.876. The average molecular weight is 231 g/mol. The number of rotatable bonds is 3. The maximum atomic E-state index is 5.01. The second-order valence-corrected chi connectivity index (χ2v) is 4.26. The highest BCUT2D eigenvalue weighted by molar-refractivity contribution is 7.17. The number of furan rings is 1. The third-order valence-electron chi connectivity index (χ3n) is 2.28. The zero-order valence-corrected chi connectivity index (χ0v) is 9.20. The fourth-order valence-corrected chi connectivity index (χ4v) is 2.30. The third kappa shape index (κ3) is 1.65. The van der Waals surface area contributed by atoms with Crippen LogP contribution in [0.2, 0.25) is 0 Å². The monoisotopic (exact) mass is 231 g/mol. The maximum absolute atomic E-state index is 5.01. The summed E-state index contributed by atoms with van der Waals surface area (Å²) in [7, 11) is 0. The molecule has 3 heterocycles. The molecular formula is C11H9N3OS. The molecule has 3 rings (SSSR count).